The van der Waals surface area contributed by atoms with Gasteiger partial charge in [-0.3, -0.25) is 0 Å². The van der Waals surface area contributed by atoms with E-state index in [1.54, 1.807) is 0 Å². The Kier molecular flexibility index (Phi) is 5.29. The fraction of sp³-hybridized carbons (Fsp3) is 0.500. The van der Waals surface area contributed by atoms with Crippen molar-refractivity contribution in [2.75, 3.05) is 13.2 Å². The minimum Gasteiger partial charge on any atom is -0.394 e. The van der Waals surface area contributed by atoms with Crippen LogP contribution in [0.3, 0.4) is 0 Å². The van der Waals surface area contributed by atoms with Crippen LogP contribution in [0, 0.1) is 5.92 Å². The predicted octanol–water partition coefficient (Wildman–Crippen LogP) is 0.855. The van der Waals surface area contributed by atoms with Crippen molar-refractivity contribution in [2.45, 2.75) is 56.5 Å². The molecular weight excluding hydrogens is 398 g/mol. The van der Waals surface area contributed by atoms with Gasteiger partial charge in [0.1, 0.15) is 24.4 Å². The Balaban J connectivity index is 1.49. The van der Waals surface area contributed by atoms with E-state index in [-0.39, 0.29) is 5.92 Å². The lowest BCUT2D eigenvalue weighted by Gasteiger charge is -2.47. The van der Waals surface area contributed by atoms with Crippen LogP contribution in [0.2, 0.25) is 0 Å². The molecule has 1 aromatic heterocycles. The maximum Gasteiger partial charge on any atom is 0.221 e. The second-order valence-electron chi connectivity index (χ2n) is 8.77. The van der Waals surface area contributed by atoms with E-state index >= 15 is 0 Å². The Labute approximate surface area is 181 Å². The highest BCUT2D eigenvalue weighted by Crippen LogP contribution is 2.48. The van der Waals surface area contributed by atoms with Crippen molar-refractivity contribution < 1.29 is 29.9 Å². The number of hydrogen-bond donors (Lipinski definition) is 4. The van der Waals surface area contributed by atoms with E-state index in [9.17, 15) is 20.4 Å². The van der Waals surface area contributed by atoms with Gasteiger partial charge in [0.2, 0.25) is 5.79 Å². The van der Waals surface area contributed by atoms with Crippen LogP contribution in [0.5, 0.6) is 0 Å². The average Bonchev–Trinajstić information content (AvgIpc) is 3.35. The highest BCUT2D eigenvalue weighted by Gasteiger charge is 2.61. The van der Waals surface area contributed by atoms with Crippen LogP contribution < -0.4 is 0 Å². The van der Waals surface area contributed by atoms with Gasteiger partial charge in [0.05, 0.1) is 13.2 Å². The minimum atomic E-state index is -1.56. The van der Waals surface area contributed by atoms with Gasteiger partial charge in [0.25, 0.3) is 0 Å². The number of ether oxygens (including phenoxy) is 2. The van der Waals surface area contributed by atoms with Crippen LogP contribution in [0.1, 0.15) is 29.3 Å². The topological polar surface area (TPSA) is 104 Å². The standard InChI is InChI=1S/C24H29NO6/c1-2-14-3-5-15(6-4-14)11-25-8-7-16-9-17-13-30-24(18(17)10-19(16)25)23(29)22(28)21(27)20(12-26)31-24/h3-8,10,17,20-23,26-29H,2,9,11-13H2,1H3/t17?,20-,21-,22+,23-,24+/m1/s1. The molecule has 0 saturated carbocycles. The van der Waals surface area contributed by atoms with Crippen LogP contribution in [0.15, 0.2) is 42.1 Å². The lowest BCUT2D eigenvalue weighted by Crippen LogP contribution is -2.65. The molecule has 1 aromatic carbocycles. The molecular formula is C24H29NO6. The zero-order chi connectivity index (χ0) is 21.8. The Morgan fingerprint density at radius 2 is 1.81 bits per heavy atom. The first kappa shape index (κ1) is 20.9. The third-order valence-electron chi connectivity index (χ3n) is 6.93. The number of aliphatic hydroxyl groups is 4. The molecule has 2 fully saturated rings. The van der Waals surface area contributed by atoms with E-state index in [1.807, 2.05) is 6.08 Å². The average molecular weight is 427 g/mol. The highest BCUT2D eigenvalue weighted by molar-refractivity contribution is 5.61. The minimum absolute atomic E-state index is 0.00335. The van der Waals surface area contributed by atoms with Crippen LogP contribution in [0.25, 0.3) is 6.08 Å². The molecule has 2 aromatic rings. The Hall–Kier alpha value is -2.00. The van der Waals surface area contributed by atoms with Gasteiger partial charge in [0.15, 0.2) is 0 Å². The summed E-state index contributed by atoms with van der Waals surface area (Å²) in [5.74, 6) is -1.56. The summed E-state index contributed by atoms with van der Waals surface area (Å²) in [7, 11) is 0. The maximum atomic E-state index is 10.8. The van der Waals surface area contributed by atoms with Gasteiger partial charge >= 0.3 is 0 Å². The highest BCUT2D eigenvalue weighted by atomic mass is 16.7. The molecule has 1 aliphatic carbocycles. The van der Waals surface area contributed by atoms with Crippen molar-refractivity contribution in [3.63, 3.8) is 0 Å². The molecule has 166 valence electrons. The predicted molar refractivity (Wildman–Crippen MR) is 113 cm³/mol. The molecule has 1 unspecified atom stereocenters. The van der Waals surface area contributed by atoms with Gasteiger partial charge in [-0.15, -0.1) is 0 Å². The number of aromatic nitrogens is 1. The first-order valence-electron chi connectivity index (χ1n) is 10.9. The van der Waals surface area contributed by atoms with Gasteiger partial charge in [-0.05, 0) is 47.2 Å². The first-order valence-corrected chi connectivity index (χ1v) is 10.9. The number of nitrogens with zero attached hydrogens (tertiary/aromatic N) is 1. The Bertz CT molecular complexity index is 980. The van der Waals surface area contributed by atoms with Gasteiger partial charge in [-0.1, -0.05) is 31.2 Å². The van der Waals surface area contributed by atoms with E-state index in [1.165, 1.54) is 16.7 Å². The number of hydrogen-bond acceptors (Lipinski definition) is 6. The molecule has 3 heterocycles. The van der Waals surface area contributed by atoms with E-state index in [0.717, 1.165) is 24.1 Å². The molecule has 6 atom stereocenters. The molecule has 0 radical (unpaired) electrons. The lowest BCUT2D eigenvalue weighted by atomic mass is 9.79. The molecule has 0 amide bonds. The van der Waals surface area contributed by atoms with Crippen molar-refractivity contribution in [1.82, 2.24) is 4.57 Å². The first-order chi connectivity index (χ1) is 15.0. The normalized spacial score (nSPS) is 34.5. The fourth-order valence-corrected chi connectivity index (χ4v) is 5.07. The van der Waals surface area contributed by atoms with Crippen molar-refractivity contribution in [1.29, 1.82) is 0 Å². The molecule has 31 heavy (non-hydrogen) atoms. The van der Waals surface area contributed by atoms with E-state index in [4.69, 9.17) is 9.47 Å². The number of fused-ring (bicyclic) bond motifs is 3. The van der Waals surface area contributed by atoms with Crippen molar-refractivity contribution in [2.24, 2.45) is 5.92 Å². The van der Waals surface area contributed by atoms with Crippen molar-refractivity contribution in [3.05, 3.63) is 64.5 Å². The van der Waals surface area contributed by atoms with E-state index in [0.29, 0.717) is 13.2 Å². The van der Waals surface area contributed by atoms with E-state index < -0.39 is 36.8 Å². The van der Waals surface area contributed by atoms with Crippen LogP contribution in [0.4, 0.5) is 0 Å². The molecule has 7 nitrogen and oxygen atoms in total. The molecule has 4 N–H and O–H groups in total. The van der Waals surface area contributed by atoms with Crippen molar-refractivity contribution >= 4 is 6.08 Å². The smallest absolute Gasteiger partial charge is 0.221 e. The summed E-state index contributed by atoms with van der Waals surface area (Å²) in [4.78, 5) is 0. The summed E-state index contributed by atoms with van der Waals surface area (Å²) in [6.45, 7) is 2.71. The molecule has 2 saturated heterocycles. The maximum absolute atomic E-state index is 10.8. The van der Waals surface area contributed by atoms with Gasteiger partial charge in [-0.25, -0.2) is 0 Å². The Morgan fingerprint density at radius 1 is 1.06 bits per heavy atom. The summed E-state index contributed by atoms with van der Waals surface area (Å²) in [5.41, 5.74) is 5.47. The summed E-state index contributed by atoms with van der Waals surface area (Å²) in [6, 6.07) is 10.7. The van der Waals surface area contributed by atoms with Gasteiger partial charge < -0.3 is 34.5 Å². The van der Waals surface area contributed by atoms with Crippen molar-refractivity contribution in [3.8, 4) is 0 Å². The van der Waals surface area contributed by atoms with Crippen LogP contribution in [-0.2, 0) is 28.9 Å². The quantitative estimate of drug-likeness (QED) is 0.577. The molecule has 3 aliphatic rings. The van der Waals surface area contributed by atoms with E-state index in [2.05, 4.69) is 48.0 Å². The number of aryl methyl sites for hydroxylation is 1. The van der Waals surface area contributed by atoms with Crippen LogP contribution in [-0.4, -0.2) is 68.4 Å². The molecule has 5 rings (SSSR count). The molecule has 7 heteroatoms. The van der Waals surface area contributed by atoms with Crippen LogP contribution >= 0.6 is 0 Å². The lowest BCUT2D eigenvalue weighted by molar-refractivity contribution is -0.335. The summed E-state index contributed by atoms with van der Waals surface area (Å²) in [6.07, 6.45) is 0.446. The zero-order valence-electron chi connectivity index (χ0n) is 17.5. The van der Waals surface area contributed by atoms with Gasteiger partial charge in [0, 0.05) is 24.4 Å². The second-order valence-corrected chi connectivity index (χ2v) is 8.77. The SMILES string of the molecule is CCc1ccc(Cn2ccc3c2C=C2C(CO[C@]24O[C@H](CO)[C@@H](O)[C@H](O)[C@H]4O)C3)cc1. The summed E-state index contributed by atoms with van der Waals surface area (Å²) >= 11 is 0. The third-order valence-corrected chi connectivity index (χ3v) is 6.93. The number of benzene rings is 1. The van der Waals surface area contributed by atoms with Gasteiger partial charge in [-0.2, -0.15) is 0 Å². The Morgan fingerprint density at radius 3 is 2.52 bits per heavy atom. The fourth-order valence-electron chi connectivity index (χ4n) is 5.07. The zero-order valence-corrected chi connectivity index (χ0v) is 17.5. The summed E-state index contributed by atoms with van der Waals surface area (Å²) < 4.78 is 14.0. The number of rotatable bonds is 4. The molecule has 1 spiro atoms. The molecule has 2 aliphatic heterocycles. The third kappa shape index (κ3) is 3.28. The number of aliphatic hydroxyl groups excluding tert-OH is 4. The monoisotopic (exact) mass is 427 g/mol. The molecule has 0 bridgehead atoms. The second kappa shape index (κ2) is 7.85. The summed E-state index contributed by atoms with van der Waals surface area (Å²) in [5, 5.41) is 41.0. The largest absolute Gasteiger partial charge is 0.394 e.